The van der Waals surface area contributed by atoms with Gasteiger partial charge in [0.25, 0.3) is 0 Å². The number of allylic oxidation sites excluding steroid dienone is 3. The summed E-state index contributed by atoms with van der Waals surface area (Å²) in [5.74, 6) is 0. The quantitative estimate of drug-likeness (QED) is 0.678. The Balaban J connectivity index is 2.50. The van der Waals surface area contributed by atoms with E-state index in [1.165, 1.54) is 11.1 Å². The van der Waals surface area contributed by atoms with E-state index in [2.05, 4.69) is 32.6 Å². The summed E-state index contributed by atoms with van der Waals surface area (Å²) < 4.78 is 0. The van der Waals surface area contributed by atoms with Gasteiger partial charge in [-0.25, -0.2) is 9.97 Å². The van der Waals surface area contributed by atoms with Crippen LogP contribution >= 0.6 is 0 Å². The Morgan fingerprint density at radius 1 is 1.05 bits per heavy atom. The Hall–Kier alpha value is -2.22. The van der Waals surface area contributed by atoms with Gasteiger partial charge < -0.3 is 0 Å². The Morgan fingerprint density at radius 2 is 1.73 bits per heavy atom. The lowest BCUT2D eigenvalue weighted by Crippen LogP contribution is -2.03. The van der Waals surface area contributed by atoms with Crippen LogP contribution in [-0.2, 0) is 0 Å². The van der Waals surface area contributed by atoms with E-state index in [1.54, 1.807) is 0 Å². The fourth-order valence-electron chi connectivity index (χ4n) is 2.61. The molecule has 1 aromatic heterocycles. The number of hydrogen-bond acceptors (Lipinski definition) is 2. The van der Waals surface area contributed by atoms with Crippen LogP contribution in [0.25, 0.3) is 16.8 Å². The normalized spacial score (nSPS) is 10.4. The van der Waals surface area contributed by atoms with Gasteiger partial charge in [-0.15, -0.1) is 6.58 Å². The van der Waals surface area contributed by atoms with Crippen LogP contribution in [0.4, 0.5) is 0 Å². The predicted octanol–water partition coefficient (Wildman–Crippen LogP) is 5.52. The monoisotopic (exact) mass is 292 g/mol. The molecule has 0 amide bonds. The average molecular weight is 292 g/mol. The molecule has 0 N–H and O–H groups in total. The largest absolute Gasteiger partial charge is 0.249 e. The van der Waals surface area contributed by atoms with Crippen molar-refractivity contribution < 1.29 is 0 Å². The highest BCUT2D eigenvalue weighted by molar-refractivity contribution is 5.69. The topological polar surface area (TPSA) is 25.8 Å². The van der Waals surface area contributed by atoms with Gasteiger partial charge in [0.15, 0.2) is 0 Å². The van der Waals surface area contributed by atoms with Gasteiger partial charge in [-0.2, -0.15) is 0 Å². The van der Waals surface area contributed by atoms with E-state index in [9.17, 15) is 0 Å². The number of benzene rings is 1. The molecule has 0 bridgehead atoms. The lowest BCUT2D eigenvalue weighted by molar-refractivity contribution is 0.988. The highest BCUT2D eigenvalue weighted by atomic mass is 14.8. The molecule has 22 heavy (non-hydrogen) atoms. The predicted molar refractivity (Wildman–Crippen MR) is 94.6 cm³/mol. The minimum absolute atomic E-state index is 0.959. The van der Waals surface area contributed by atoms with E-state index in [1.807, 2.05) is 38.1 Å². The van der Waals surface area contributed by atoms with Crippen LogP contribution in [0.5, 0.6) is 0 Å². The molecule has 114 valence electrons. The van der Waals surface area contributed by atoms with E-state index < -0.39 is 0 Å². The van der Waals surface area contributed by atoms with Crippen LogP contribution in [0.1, 0.15) is 43.8 Å². The minimum Gasteiger partial charge on any atom is -0.249 e. The molecule has 0 spiro atoms. The van der Waals surface area contributed by atoms with E-state index in [4.69, 9.17) is 9.97 Å². The second-order valence-corrected chi connectivity index (χ2v) is 5.76. The Labute approximate surface area is 133 Å². The maximum atomic E-state index is 4.87. The van der Waals surface area contributed by atoms with Crippen molar-refractivity contribution in [1.82, 2.24) is 9.97 Å². The lowest BCUT2D eigenvalue weighted by Gasteiger charge is -2.14. The third kappa shape index (κ3) is 3.51. The summed E-state index contributed by atoms with van der Waals surface area (Å²) in [4.78, 5) is 9.70. The fourth-order valence-corrected chi connectivity index (χ4v) is 2.61. The molecule has 2 rings (SSSR count). The van der Waals surface area contributed by atoms with Gasteiger partial charge in [-0.3, -0.25) is 0 Å². The van der Waals surface area contributed by atoms with Crippen LogP contribution in [0, 0.1) is 13.8 Å². The Morgan fingerprint density at radius 3 is 2.32 bits per heavy atom. The first-order valence-corrected chi connectivity index (χ1v) is 7.73. The first kappa shape index (κ1) is 16.2. The Bertz CT molecular complexity index is 693. The summed E-state index contributed by atoms with van der Waals surface area (Å²) in [6.07, 6.45) is 3.88. The first-order chi connectivity index (χ1) is 10.5. The maximum absolute atomic E-state index is 4.87. The molecule has 2 aromatic rings. The van der Waals surface area contributed by atoms with Crippen molar-refractivity contribution in [3.05, 3.63) is 65.6 Å². The summed E-state index contributed by atoms with van der Waals surface area (Å²) in [7, 11) is 0. The van der Waals surface area contributed by atoms with Crippen molar-refractivity contribution >= 4 is 5.57 Å². The minimum atomic E-state index is 0.959. The third-order valence-electron chi connectivity index (χ3n) is 3.78. The molecule has 2 heteroatoms. The number of nitrogens with zero attached hydrogens (tertiary/aromatic N) is 2. The molecule has 0 unspecified atom stereocenters. The SMILES string of the molecule is C=CCCC(=C(C)C)c1nc(C)c(-c2ccccc2)nc1C. The molecule has 0 aliphatic rings. The zero-order valence-electron chi connectivity index (χ0n) is 14.0. The first-order valence-electron chi connectivity index (χ1n) is 7.73. The molecule has 1 aromatic carbocycles. The van der Waals surface area contributed by atoms with Crippen LogP contribution in [0.3, 0.4) is 0 Å². The van der Waals surface area contributed by atoms with E-state index >= 15 is 0 Å². The van der Waals surface area contributed by atoms with Gasteiger partial charge in [-0.05, 0) is 46.1 Å². The van der Waals surface area contributed by atoms with Gasteiger partial charge in [0.05, 0.1) is 22.8 Å². The number of aromatic nitrogens is 2. The number of hydrogen-bond donors (Lipinski definition) is 0. The summed E-state index contributed by atoms with van der Waals surface area (Å²) in [5.41, 5.74) is 7.66. The number of rotatable bonds is 5. The van der Waals surface area contributed by atoms with Crippen LogP contribution in [0.15, 0.2) is 48.6 Å². The second-order valence-electron chi connectivity index (χ2n) is 5.76. The van der Waals surface area contributed by atoms with Gasteiger partial charge >= 0.3 is 0 Å². The summed E-state index contributed by atoms with van der Waals surface area (Å²) in [6.45, 7) is 12.2. The van der Waals surface area contributed by atoms with Crippen molar-refractivity contribution in [2.45, 2.75) is 40.5 Å². The third-order valence-corrected chi connectivity index (χ3v) is 3.78. The van der Waals surface area contributed by atoms with E-state index in [0.717, 1.165) is 41.2 Å². The molecular formula is C20H24N2. The molecule has 0 aliphatic carbocycles. The summed E-state index contributed by atoms with van der Waals surface area (Å²) in [6, 6.07) is 10.2. The van der Waals surface area contributed by atoms with Crippen molar-refractivity contribution in [3.8, 4) is 11.3 Å². The van der Waals surface area contributed by atoms with E-state index in [0.29, 0.717) is 0 Å². The van der Waals surface area contributed by atoms with Crippen molar-refractivity contribution in [1.29, 1.82) is 0 Å². The highest BCUT2D eigenvalue weighted by Gasteiger charge is 2.14. The Kier molecular flexibility index (Phi) is 5.26. The standard InChI is InChI=1S/C20H24N2/c1-6-7-13-18(14(2)3)20-16(5)21-19(15(4)22-20)17-11-9-8-10-12-17/h6,8-12H,1,7,13H2,2-5H3. The number of aryl methyl sites for hydroxylation is 2. The molecule has 0 atom stereocenters. The average Bonchev–Trinajstić information content (AvgIpc) is 2.51. The molecule has 0 aliphatic heterocycles. The van der Waals surface area contributed by atoms with Crippen molar-refractivity contribution in [2.75, 3.05) is 0 Å². The molecular weight excluding hydrogens is 268 g/mol. The molecule has 1 heterocycles. The van der Waals surface area contributed by atoms with Crippen LogP contribution < -0.4 is 0 Å². The molecule has 0 saturated heterocycles. The van der Waals surface area contributed by atoms with Crippen LogP contribution in [-0.4, -0.2) is 9.97 Å². The molecule has 0 radical (unpaired) electrons. The fraction of sp³-hybridized carbons (Fsp3) is 0.300. The zero-order chi connectivity index (χ0) is 16.1. The van der Waals surface area contributed by atoms with Gasteiger partial charge in [0, 0.05) is 5.56 Å². The zero-order valence-corrected chi connectivity index (χ0v) is 14.0. The van der Waals surface area contributed by atoms with E-state index in [-0.39, 0.29) is 0 Å². The lowest BCUT2D eigenvalue weighted by atomic mass is 9.99. The van der Waals surface area contributed by atoms with Crippen molar-refractivity contribution in [2.24, 2.45) is 0 Å². The van der Waals surface area contributed by atoms with Gasteiger partial charge in [0.2, 0.25) is 0 Å². The molecule has 0 fully saturated rings. The van der Waals surface area contributed by atoms with Crippen molar-refractivity contribution in [3.63, 3.8) is 0 Å². The molecule has 0 saturated carbocycles. The summed E-state index contributed by atoms with van der Waals surface area (Å²) in [5, 5.41) is 0. The molecule has 2 nitrogen and oxygen atoms in total. The van der Waals surface area contributed by atoms with Crippen LogP contribution in [0.2, 0.25) is 0 Å². The highest BCUT2D eigenvalue weighted by Crippen LogP contribution is 2.28. The van der Waals surface area contributed by atoms with Gasteiger partial charge in [0.1, 0.15) is 0 Å². The second kappa shape index (κ2) is 7.17. The summed E-state index contributed by atoms with van der Waals surface area (Å²) >= 11 is 0. The van der Waals surface area contributed by atoms with Gasteiger partial charge in [-0.1, -0.05) is 42.0 Å². The maximum Gasteiger partial charge on any atom is 0.0918 e. The smallest absolute Gasteiger partial charge is 0.0918 e.